The Bertz CT molecular complexity index is 603. The van der Waals surface area contributed by atoms with Gasteiger partial charge in [-0.15, -0.1) is 5.10 Å². The van der Waals surface area contributed by atoms with Crippen molar-refractivity contribution in [1.29, 1.82) is 0 Å². The maximum Gasteiger partial charge on any atom is 0.309 e. The van der Waals surface area contributed by atoms with E-state index in [9.17, 15) is 4.79 Å². The summed E-state index contributed by atoms with van der Waals surface area (Å²) in [5.74, 6) is 0.372. The second kappa shape index (κ2) is 7.75. The Morgan fingerprint density at radius 3 is 2.86 bits per heavy atom. The number of thioether (sulfide) groups is 1. The number of hydrogen-bond donors (Lipinski definition) is 1. The van der Waals surface area contributed by atoms with Crippen molar-refractivity contribution in [2.24, 2.45) is 0 Å². The third kappa shape index (κ3) is 4.27. The number of ether oxygens (including phenoxy) is 1. The molecule has 0 aliphatic heterocycles. The molecule has 0 unspecified atom stereocenters. The first-order chi connectivity index (χ1) is 10.2. The van der Waals surface area contributed by atoms with Gasteiger partial charge in [-0.25, -0.2) is 4.68 Å². The van der Waals surface area contributed by atoms with E-state index in [2.05, 4.69) is 15.5 Å². The molecule has 1 aromatic heterocycles. The first kappa shape index (κ1) is 15.5. The van der Waals surface area contributed by atoms with Crippen LogP contribution in [0, 0.1) is 0 Å². The number of benzene rings is 1. The van der Waals surface area contributed by atoms with Crippen molar-refractivity contribution in [3.05, 3.63) is 35.4 Å². The summed E-state index contributed by atoms with van der Waals surface area (Å²) >= 11 is 1.46. The molecule has 112 valence electrons. The van der Waals surface area contributed by atoms with Gasteiger partial charge >= 0.3 is 5.97 Å². The number of hydrogen-bond acceptors (Lipinski definition) is 7. The van der Waals surface area contributed by atoms with Gasteiger partial charge in [-0.2, -0.15) is 0 Å². The van der Waals surface area contributed by atoms with Gasteiger partial charge in [0.05, 0.1) is 26.7 Å². The molecule has 0 atom stereocenters. The Labute approximate surface area is 126 Å². The fourth-order valence-corrected chi connectivity index (χ4v) is 2.71. The van der Waals surface area contributed by atoms with Crippen LogP contribution in [-0.2, 0) is 28.2 Å². The highest BCUT2D eigenvalue weighted by Gasteiger charge is 2.11. The molecule has 2 rings (SSSR count). The lowest BCUT2D eigenvalue weighted by Gasteiger charge is -2.08. The summed E-state index contributed by atoms with van der Waals surface area (Å²) < 4.78 is 6.25. The fraction of sp³-hybridized carbons (Fsp3) is 0.385. The molecule has 1 N–H and O–H groups in total. The Hall–Kier alpha value is -1.93. The van der Waals surface area contributed by atoms with Gasteiger partial charge in [0, 0.05) is 5.75 Å². The van der Waals surface area contributed by atoms with Crippen LogP contribution >= 0.6 is 11.8 Å². The molecule has 0 aliphatic rings. The molecule has 0 aliphatic carbocycles. The predicted octanol–water partition coefficient (Wildman–Crippen LogP) is 0.673. The van der Waals surface area contributed by atoms with Crippen molar-refractivity contribution in [1.82, 2.24) is 20.2 Å². The van der Waals surface area contributed by atoms with Crippen LogP contribution in [0.5, 0.6) is 0 Å². The van der Waals surface area contributed by atoms with Gasteiger partial charge in [0.25, 0.3) is 0 Å². The van der Waals surface area contributed by atoms with Crippen molar-refractivity contribution in [3.8, 4) is 0 Å². The average molecular weight is 308 g/mol. The van der Waals surface area contributed by atoms with Crippen LogP contribution in [0.15, 0.2) is 29.4 Å². The molecule has 2 aromatic rings. The van der Waals surface area contributed by atoms with E-state index < -0.39 is 0 Å². The Balaban J connectivity index is 2.05. The van der Waals surface area contributed by atoms with Gasteiger partial charge < -0.3 is 9.84 Å². The van der Waals surface area contributed by atoms with Crippen LogP contribution < -0.4 is 0 Å². The zero-order valence-corrected chi connectivity index (χ0v) is 12.4. The number of aromatic nitrogens is 4. The number of nitrogens with zero attached hydrogens (tertiary/aromatic N) is 4. The van der Waals surface area contributed by atoms with Crippen LogP contribution in [0.3, 0.4) is 0 Å². The molecule has 0 spiro atoms. The van der Waals surface area contributed by atoms with Gasteiger partial charge in [0.2, 0.25) is 5.16 Å². The number of methoxy groups -OCH3 is 1. The standard InChI is InChI=1S/C13H16N4O3S/c1-20-12(19)8-10-4-2-3-5-11(10)9-21-13-14-15-16-17(13)6-7-18/h2-5,18H,6-9H2,1H3. The van der Waals surface area contributed by atoms with Gasteiger partial charge in [0.1, 0.15) is 0 Å². The highest BCUT2D eigenvalue weighted by molar-refractivity contribution is 7.98. The third-order valence-electron chi connectivity index (χ3n) is 2.85. The van der Waals surface area contributed by atoms with Crippen LogP contribution in [-0.4, -0.2) is 45.0 Å². The van der Waals surface area contributed by atoms with Crippen LogP contribution in [0.1, 0.15) is 11.1 Å². The van der Waals surface area contributed by atoms with E-state index in [1.165, 1.54) is 18.9 Å². The van der Waals surface area contributed by atoms with Crippen molar-refractivity contribution in [2.45, 2.75) is 23.9 Å². The molecule has 21 heavy (non-hydrogen) atoms. The largest absolute Gasteiger partial charge is 0.469 e. The summed E-state index contributed by atoms with van der Waals surface area (Å²) in [5.41, 5.74) is 1.96. The average Bonchev–Trinajstić information content (AvgIpc) is 2.94. The number of esters is 1. The summed E-state index contributed by atoms with van der Waals surface area (Å²) in [6.45, 7) is 0.344. The quantitative estimate of drug-likeness (QED) is 0.594. The van der Waals surface area contributed by atoms with E-state index >= 15 is 0 Å². The summed E-state index contributed by atoms with van der Waals surface area (Å²) in [6, 6.07) is 7.69. The lowest BCUT2D eigenvalue weighted by Crippen LogP contribution is -2.07. The topological polar surface area (TPSA) is 90.1 Å². The van der Waals surface area contributed by atoms with Gasteiger partial charge in [-0.1, -0.05) is 36.0 Å². The minimum absolute atomic E-state index is 0.0163. The number of rotatable bonds is 7. The molecule has 7 nitrogen and oxygen atoms in total. The number of tetrazole rings is 1. The van der Waals surface area contributed by atoms with Crippen LogP contribution in [0.25, 0.3) is 0 Å². The van der Waals surface area contributed by atoms with Crippen molar-refractivity contribution >= 4 is 17.7 Å². The Morgan fingerprint density at radius 1 is 1.38 bits per heavy atom. The normalized spacial score (nSPS) is 10.6. The predicted molar refractivity (Wildman–Crippen MR) is 76.6 cm³/mol. The monoisotopic (exact) mass is 308 g/mol. The molecule has 0 saturated carbocycles. The van der Waals surface area contributed by atoms with E-state index in [1.807, 2.05) is 24.3 Å². The smallest absolute Gasteiger partial charge is 0.309 e. The third-order valence-corrected chi connectivity index (χ3v) is 3.85. The molecule has 0 amide bonds. The molecule has 0 fully saturated rings. The van der Waals surface area contributed by atoms with Crippen molar-refractivity contribution in [2.75, 3.05) is 13.7 Å². The Morgan fingerprint density at radius 2 is 2.14 bits per heavy atom. The zero-order valence-electron chi connectivity index (χ0n) is 11.6. The lowest BCUT2D eigenvalue weighted by atomic mass is 10.1. The molecular formula is C13H16N4O3S. The first-order valence-corrected chi connectivity index (χ1v) is 7.36. The SMILES string of the molecule is COC(=O)Cc1ccccc1CSc1nnnn1CCO. The summed E-state index contributed by atoms with van der Waals surface area (Å²) in [7, 11) is 1.38. The number of carbonyl (C=O) groups excluding carboxylic acids is 1. The highest BCUT2D eigenvalue weighted by Crippen LogP contribution is 2.22. The first-order valence-electron chi connectivity index (χ1n) is 6.38. The molecule has 1 aromatic carbocycles. The number of aliphatic hydroxyl groups is 1. The second-order valence-corrected chi connectivity index (χ2v) is 5.16. The molecule has 0 saturated heterocycles. The van der Waals surface area contributed by atoms with Gasteiger partial charge in [-0.3, -0.25) is 4.79 Å². The van der Waals surface area contributed by atoms with Gasteiger partial charge in [0.15, 0.2) is 0 Å². The maximum absolute atomic E-state index is 11.4. The molecule has 0 bridgehead atoms. The summed E-state index contributed by atoms with van der Waals surface area (Å²) in [5, 5.41) is 20.9. The van der Waals surface area contributed by atoms with Crippen LogP contribution in [0.2, 0.25) is 0 Å². The molecule has 8 heteroatoms. The lowest BCUT2D eigenvalue weighted by molar-refractivity contribution is -0.139. The minimum Gasteiger partial charge on any atom is -0.469 e. The number of carbonyl (C=O) groups is 1. The van der Waals surface area contributed by atoms with Crippen molar-refractivity contribution in [3.63, 3.8) is 0 Å². The van der Waals surface area contributed by atoms with Crippen molar-refractivity contribution < 1.29 is 14.6 Å². The highest BCUT2D eigenvalue weighted by atomic mass is 32.2. The fourth-order valence-electron chi connectivity index (χ4n) is 1.78. The molecule has 0 radical (unpaired) electrons. The van der Waals surface area contributed by atoms with E-state index in [4.69, 9.17) is 9.84 Å². The minimum atomic E-state index is -0.266. The zero-order chi connectivity index (χ0) is 15.1. The van der Waals surface area contributed by atoms with E-state index in [1.54, 1.807) is 4.68 Å². The van der Waals surface area contributed by atoms with Gasteiger partial charge in [-0.05, 0) is 21.6 Å². The molecular weight excluding hydrogens is 292 g/mol. The van der Waals surface area contributed by atoms with E-state index in [0.29, 0.717) is 17.5 Å². The van der Waals surface area contributed by atoms with E-state index in [-0.39, 0.29) is 19.0 Å². The number of aliphatic hydroxyl groups excluding tert-OH is 1. The van der Waals surface area contributed by atoms with E-state index in [0.717, 1.165) is 11.1 Å². The van der Waals surface area contributed by atoms with Crippen LogP contribution in [0.4, 0.5) is 0 Å². The molecule has 1 heterocycles. The second-order valence-electron chi connectivity index (χ2n) is 4.22. The summed E-state index contributed by atoms with van der Waals surface area (Å²) in [6.07, 6.45) is 0.245. The Kier molecular flexibility index (Phi) is 5.70. The maximum atomic E-state index is 11.4. The summed E-state index contributed by atoms with van der Waals surface area (Å²) in [4.78, 5) is 11.4.